The molecule has 1 aromatic rings. The predicted molar refractivity (Wildman–Crippen MR) is 68.3 cm³/mol. The summed E-state index contributed by atoms with van der Waals surface area (Å²) < 4.78 is 10.4. The maximum absolute atomic E-state index is 11.0. The maximum atomic E-state index is 11.0. The van der Waals surface area contributed by atoms with Gasteiger partial charge in [0.2, 0.25) is 11.5 Å². The van der Waals surface area contributed by atoms with Gasteiger partial charge in [0.25, 0.3) is 0 Å². The third kappa shape index (κ3) is 3.89. The van der Waals surface area contributed by atoms with Crippen LogP contribution in [0.2, 0.25) is 0 Å². The van der Waals surface area contributed by atoms with Gasteiger partial charge in [0.15, 0.2) is 0 Å². The molecule has 0 fully saturated rings. The van der Waals surface area contributed by atoms with Gasteiger partial charge in [0.1, 0.15) is 6.61 Å². The fourth-order valence-electron chi connectivity index (χ4n) is 1.47. The fraction of sp³-hybridized carbons (Fsp3) is 0.500. The summed E-state index contributed by atoms with van der Waals surface area (Å²) in [5.74, 6) is 0.430. The number of nitrogens with zero attached hydrogens (tertiary/aromatic N) is 1. The minimum Gasteiger partial charge on any atom is -0.490 e. The van der Waals surface area contributed by atoms with Gasteiger partial charge in [-0.15, -0.1) is 0 Å². The molecule has 1 rings (SSSR count). The van der Waals surface area contributed by atoms with Crippen molar-refractivity contribution in [3.05, 3.63) is 28.3 Å². The zero-order chi connectivity index (χ0) is 13.5. The molecule has 0 unspecified atom stereocenters. The van der Waals surface area contributed by atoms with E-state index in [0.29, 0.717) is 19.2 Å². The zero-order valence-corrected chi connectivity index (χ0v) is 10.8. The molecule has 1 aromatic carbocycles. The Bertz CT molecular complexity index is 407. The lowest BCUT2D eigenvalue weighted by atomic mass is 10.2. The monoisotopic (exact) mass is 254 g/mol. The molecule has 6 heteroatoms. The van der Waals surface area contributed by atoms with Crippen LogP contribution >= 0.6 is 0 Å². The third-order valence-electron chi connectivity index (χ3n) is 2.28. The number of hydrogen-bond acceptors (Lipinski definition) is 5. The maximum Gasteiger partial charge on any atom is 0.352 e. The second-order valence-corrected chi connectivity index (χ2v) is 4.02. The molecule has 0 heterocycles. The summed E-state index contributed by atoms with van der Waals surface area (Å²) in [6.07, 6.45) is 0. The number of methoxy groups -OCH3 is 1. The Morgan fingerprint density at radius 2 is 2.06 bits per heavy atom. The van der Waals surface area contributed by atoms with Crippen molar-refractivity contribution in [1.29, 1.82) is 0 Å². The van der Waals surface area contributed by atoms with Crippen LogP contribution in [0.3, 0.4) is 0 Å². The lowest BCUT2D eigenvalue weighted by molar-refractivity contribution is -0.386. The van der Waals surface area contributed by atoms with Crippen LogP contribution in [0.25, 0.3) is 0 Å². The summed E-state index contributed by atoms with van der Waals surface area (Å²) >= 11 is 0. The van der Waals surface area contributed by atoms with Crippen LogP contribution in [0.5, 0.6) is 11.5 Å². The van der Waals surface area contributed by atoms with Crippen molar-refractivity contribution in [3.8, 4) is 11.5 Å². The van der Waals surface area contributed by atoms with Gasteiger partial charge in [-0.1, -0.05) is 19.9 Å². The first kappa shape index (κ1) is 14.2. The zero-order valence-electron chi connectivity index (χ0n) is 10.8. The van der Waals surface area contributed by atoms with Gasteiger partial charge in [0, 0.05) is 12.6 Å². The van der Waals surface area contributed by atoms with Crippen molar-refractivity contribution in [2.45, 2.75) is 19.9 Å². The second kappa shape index (κ2) is 6.80. The second-order valence-electron chi connectivity index (χ2n) is 4.02. The summed E-state index contributed by atoms with van der Waals surface area (Å²) in [5, 5.41) is 14.1. The number of hydrogen-bond donors (Lipinski definition) is 1. The number of nitro groups is 1. The Balaban J connectivity index is 2.72. The highest BCUT2D eigenvalue weighted by Gasteiger charge is 2.21. The Morgan fingerprint density at radius 3 is 2.61 bits per heavy atom. The van der Waals surface area contributed by atoms with Crippen molar-refractivity contribution in [2.75, 3.05) is 20.3 Å². The van der Waals surface area contributed by atoms with Crippen LogP contribution in [0.4, 0.5) is 5.69 Å². The molecule has 0 aliphatic rings. The summed E-state index contributed by atoms with van der Waals surface area (Å²) in [5.41, 5.74) is -0.135. The number of rotatable bonds is 7. The van der Waals surface area contributed by atoms with Crippen LogP contribution in [0.15, 0.2) is 18.2 Å². The van der Waals surface area contributed by atoms with Gasteiger partial charge in [-0.05, 0) is 12.1 Å². The van der Waals surface area contributed by atoms with Gasteiger partial charge in [0.05, 0.1) is 12.0 Å². The van der Waals surface area contributed by atoms with E-state index in [1.165, 1.54) is 13.2 Å². The van der Waals surface area contributed by atoms with E-state index in [-0.39, 0.29) is 17.2 Å². The van der Waals surface area contributed by atoms with E-state index in [1.807, 2.05) is 13.8 Å². The van der Waals surface area contributed by atoms with Gasteiger partial charge >= 0.3 is 5.69 Å². The van der Waals surface area contributed by atoms with E-state index < -0.39 is 4.92 Å². The first-order valence-electron chi connectivity index (χ1n) is 5.73. The molecule has 0 aromatic heterocycles. The smallest absolute Gasteiger partial charge is 0.352 e. The van der Waals surface area contributed by atoms with E-state index >= 15 is 0 Å². The van der Waals surface area contributed by atoms with Crippen LogP contribution in [0.1, 0.15) is 13.8 Å². The molecule has 0 bridgehead atoms. The molecule has 100 valence electrons. The lowest BCUT2D eigenvalue weighted by Crippen LogP contribution is -2.27. The molecule has 18 heavy (non-hydrogen) atoms. The molecule has 1 N–H and O–H groups in total. The SMILES string of the molecule is COc1cccc(OCCNC(C)C)c1[N+](=O)[O-]. The molecule has 0 saturated carbocycles. The Hall–Kier alpha value is -1.82. The first-order valence-corrected chi connectivity index (χ1v) is 5.73. The van der Waals surface area contributed by atoms with E-state index in [2.05, 4.69) is 5.32 Å². The number of para-hydroxylation sites is 1. The highest BCUT2D eigenvalue weighted by Crippen LogP contribution is 2.36. The van der Waals surface area contributed by atoms with E-state index in [1.54, 1.807) is 12.1 Å². The summed E-state index contributed by atoms with van der Waals surface area (Å²) in [7, 11) is 1.40. The van der Waals surface area contributed by atoms with Gasteiger partial charge in [-0.3, -0.25) is 10.1 Å². The summed E-state index contributed by atoms with van der Waals surface area (Å²) in [6.45, 7) is 5.04. The topological polar surface area (TPSA) is 73.6 Å². The van der Waals surface area contributed by atoms with E-state index in [4.69, 9.17) is 9.47 Å². The van der Waals surface area contributed by atoms with Crippen LogP contribution in [0, 0.1) is 10.1 Å². The number of nitro benzene ring substituents is 1. The van der Waals surface area contributed by atoms with Crippen molar-refractivity contribution in [2.24, 2.45) is 0 Å². The normalized spacial score (nSPS) is 10.4. The molecule has 6 nitrogen and oxygen atoms in total. The average Bonchev–Trinajstić information content (AvgIpc) is 2.33. The predicted octanol–water partition coefficient (Wildman–Crippen LogP) is 1.98. The molecule has 0 saturated heterocycles. The minimum absolute atomic E-state index is 0.135. The molecule has 0 aliphatic heterocycles. The molecule has 0 radical (unpaired) electrons. The first-order chi connectivity index (χ1) is 8.56. The Morgan fingerprint density at radius 1 is 1.39 bits per heavy atom. The Kier molecular flexibility index (Phi) is 5.38. The molecular weight excluding hydrogens is 236 g/mol. The Labute approximate surface area is 106 Å². The highest BCUT2D eigenvalue weighted by molar-refractivity contribution is 5.57. The standard InChI is InChI=1S/C12H18N2O4/c1-9(2)13-7-8-18-11-6-4-5-10(17-3)12(11)14(15)16/h4-6,9,13H,7-8H2,1-3H3. The number of benzene rings is 1. The van der Waals surface area contributed by atoms with Crippen LogP contribution in [-0.2, 0) is 0 Å². The van der Waals surface area contributed by atoms with Crippen LogP contribution < -0.4 is 14.8 Å². The summed E-state index contributed by atoms with van der Waals surface area (Å²) in [6, 6.07) is 5.12. The lowest BCUT2D eigenvalue weighted by Gasteiger charge is -2.11. The molecule has 0 atom stereocenters. The number of nitrogens with one attached hydrogen (secondary N) is 1. The van der Waals surface area contributed by atoms with Gasteiger partial charge in [-0.2, -0.15) is 0 Å². The average molecular weight is 254 g/mol. The molecular formula is C12H18N2O4. The van der Waals surface area contributed by atoms with E-state index in [9.17, 15) is 10.1 Å². The minimum atomic E-state index is -0.496. The molecule has 0 aliphatic carbocycles. The summed E-state index contributed by atoms with van der Waals surface area (Å²) in [4.78, 5) is 10.5. The van der Waals surface area contributed by atoms with Crippen molar-refractivity contribution in [1.82, 2.24) is 5.32 Å². The third-order valence-corrected chi connectivity index (χ3v) is 2.28. The quantitative estimate of drug-likeness (QED) is 0.457. The highest BCUT2D eigenvalue weighted by atomic mass is 16.6. The van der Waals surface area contributed by atoms with Crippen molar-refractivity contribution in [3.63, 3.8) is 0 Å². The van der Waals surface area contributed by atoms with Crippen molar-refractivity contribution >= 4 is 5.69 Å². The largest absolute Gasteiger partial charge is 0.490 e. The molecule has 0 amide bonds. The van der Waals surface area contributed by atoms with Crippen LogP contribution in [-0.4, -0.2) is 31.2 Å². The molecule has 0 spiro atoms. The van der Waals surface area contributed by atoms with E-state index in [0.717, 1.165) is 0 Å². The van der Waals surface area contributed by atoms with Gasteiger partial charge < -0.3 is 14.8 Å². The van der Waals surface area contributed by atoms with Gasteiger partial charge in [-0.25, -0.2) is 0 Å². The van der Waals surface area contributed by atoms with Crippen molar-refractivity contribution < 1.29 is 14.4 Å². The fourth-order valence-corrected chi connectivity index (χ4v) is 1.47. The number of ether oxygens (including phenoxy) is 2.